The average Bonchev–Trinajstić information content (AvgIpc) is 2.56. The van der Waals surface area contributed by atoms with Crippen LogP contribution in [0.4, 0.5) is 0 Å². The predicted octanol–water partition coefficient (Wildman–Crippen LogP) is 5.39. The Morgan fingerprint density at radius 2 is 1.96 bits per heavy atom. The Bertz CT molecular complexity index is 777. The molecule has 1 atom stereocenters. The molecule has 134 valence electrons. The first kappa shape index (κ1) is 21.9. The molecule has 1 aliphatic carbocycles. The minimum absolute atomic E-state index is 0.0666. The summed E-state index contributed by atoms with van der Waals surface area (Å²) in [6.45, 7) is 9.99. The molecule has 0 fully saturated rings. The summed E-state index contributed by atoms with van der Waals surface area (Å²) in [5.74, 6) is 0.695. The molecule has 0 aromatic heterocycles. The highest BCUT2D eigenvalue weighted by Gasteiger charge is 2.18. The lowest BCUT2D eigenvalue weighted by atomic mass is 9.60. The van der Waals surface area contributed by atoms with Gasteiger partial charge in [-0.25, -0.2) is 0 Å². The molecule has 0 spiro atoms. The summed E-state index contributed by atoms with van der Waals surface area (Å²) in [4.78, 5) is -0.0666. The highest BCUT2D eigenvalue weighted by molar-refractivity contribution is 14.1. The Hall–Kier alpha value is -1.12. The van der Waals surface area contributed by atoms with Gasteiger partial charge in [-0.05, 0) is 38.3 Å². The van der Waals surface area contributed by atoms with Crippen molar-refractivity contribution in [3.8, 4) is 0 Å². The molecular weight excluding hydrogens is 446 g/mol. The van der Waals surface area contributed by atoms with E-state index >= 15 is 0 Å². The van der Waals surface area contributed by atoms with Crippen LogP contribution in [-0.2, 0) is 10.1 Å². The third-order valence-corrected chi connectivity index (χ3v) is 6.12. The summed E-state index contributed by atoms with van der Waals surface area (Å²) in [5, 5.41) is 0. The summed E-state index contributed by atoms with van der Waals surface area (Å²) in [7, 11) is -4.02. The number of hydrogen-bond donors (Lipinski definition) is 1. The number of halogens is 1. The van der Waals surface area contributed by atoms with E-state index in [0.29, 0.717) is 10.5 Å². The predicted molar refractivity (Wildman–Crippen MR) is 116 cm³/mol. The Kier molecular flexibility index (Phi) is 8.89. The maximum absolute atomic E-state index is 10.5. The maximum atomic E-state index is 10.5. The minimum atomic E-state index is -4.02. The summed E-state index contributed by atoms with van der Waals surface area (Å²) in [6, 6.07) is 5.99. The molecule has 0 radical (unpaired) electrons. The zero-order chi connectivity index (χ0) is 19.0. The van der Waals surface area contributed by atoms with Gasteiger partial charge in [-0.2, -0.15) is 8.42 Å². The van der Waals surface area contributed by atoms with Crippen molar-refractivity contribution in [2.45, 2.75) is 32.1 Å². The molecule has 1 aromatic carbocycles. The van der Waals surface area contributed by atoms with Crippen molar-refractivity contribution in [1.82, 2.24) is 0 Å². The Morgan fingerprint density at radius 3 is 2.36 bits per heavy atom. The molecule has 1 aliphatic rings. The van der Waals surface area contributed by atoms with Gasteiger partial charge in [0.1, 0.15) is 0 Å². The van der Waals surface area contributed by atoms with Gasteiger partial charge >= 0.3 is 0 Å². The van der Waals surface area contributed by atoms with Crippen LogP contribution in [0.1, 0.15) is 25.8 Å². The van der Waals surface area contributed by atoms with Crippen LogP contribution < -0.4 is 0 Å². The SMILES string of the molecule is C=C/C(=C\C)B(I)C1=CCC(C)C=C1.Cc1ccc(S(=O)(=O)O)cc1. The maximum Gasteiger partial charge on any atom is 0.294 e. The quantitative estimate of drug-likeness (QED) is 0.278. The number of hydrogen-bond acceptors (Lipinski definition) is 2. The van der Waals surface area contributed by atoms with Gasteiger partial charge in [0.25, 0.3) is 14.7 Å². The molecule has 1 aromatic rings. The number of benzene rings is 1. The van der Waals surface area contributed by atoms with E-state index in [4.69, 9.17) is 4.55 Å². The van der Waals surface area contributed by atoms with Crippen molar-refractivity contribution in [1.29, 1.82) is 0 Å². The Morgan fingerprint density at radius 1 is 1.36 bits per heavy atom. The lowest BCUT2D eigenvalue weighted by Gasteiger charge is -2.15. The Labute approximate surface area is 165 Å². The summed E-state index contributed by atoms with van der Waals surface area (Å²) in [5.41, 5.74) is 3.67. The van der Waals surface area contributed by atoms with Crippen LogP contribution in [0.25, 0.3) is 0 Å². The summed E-state index contributed by atoms with van der Waals surface area (Å²) in [6.07, 6.45) is 12.1. The van der Waals surface area contributed by atoms with Gasteiger partial charge in [-0.3, -0.25) is 4.55 Å². The first-order chi connectivity index (χ1) is 11.7. The minimum Gasteiger partial charge on any atom is -0.282 e. The van der Waals surface area contributed by atoms with Crippen molar-refractivity contribution >= 4 is 37.1 Å². The van der Waals surface area contributed by atoms with Crippen molar-refractivity contribution in [3.63, 3.8) is 0 Å². The van der Waals surface area contributed by atoms with E-state index < -0.39 is 10.1 Å². The van der Waals surface area contributed by atoms with E-state index in [0.717, 1.165) is 5.56 Å². The van der Waals surface area contributed by atoms with Gasteiger partial charge in [0.15, 0.2) is 0 Å². The molecule has 0 aliphatic heterocycles. The summed E-state index contributed by atoms with van der Waals surface area (Å²) < 4.78 is 30.0. The second-order valence-electron chi connectivity index (χ2n) is 5.92. The van der Waals surface area contributed by atoms with Crippen molar-refractivity contribution in [2.24, 2.45) is 5.92 Å². The smallest absolute Gasteiger partial charge is 0.282 e. The van der Waals surface area contributed by atoms with Gasteiger partial charge in [-0.1, -0.05) is 72.5 Å². The zero-order valence-electron chi connectivity index (χ0n) is 14.8. The van der Waals surface area contributed by atoms with Crippen LogP contribution >= 0.6 is 22.4 Å². The molecule has 1 unspecified atom stereocenters. The van der Waals surface area contributed by atoms with Crippen LogP contribution in [0, 0.1) is 12.8 Å². The van der Waals surface area contributed by atoms with Crippen LogP contribution in [-0.4, -0.2) is 17.5 Å². The topological polar surface area (TPSA) is 54.4 Å². The second-order valence-corrected chi connectivity index (χ2v) is 8.59. The zero-order valence-corrected chi connectivity index (χ0v) is 17.8. The number of rotatable bonds is 4. The van der Waals surface area contributed by atoms with E-state index in [1.807, 2.05) is 13.0 Å². The first-order valence-corrected chi connectivity index (χ1v) is 10.7. The molecule has 0 bridgehead atoms. The van der Waals surface area contributed by atoms with E-state index in [2.05, 4.69) is 67.1 Å². The molecule has 0 saturated carbocycles. The van der Waals surface area contributed by atoms with Crippen molar-refractivity contribution < 1.29 is 13.0 Å². The largest absolute Gasteiger partial charge is 0.294 e. The van der Waals surface area contributed by atoms with Gasteiger partial charge in [0.05, 0.1) is 4.90 Å². The molecular formula is C19H24BIO3S. The van der Waals surface area contributed by atoms with Gasteiger partial charge in [-0.15, -0.1) is 22.4 Å². The molecule has 0 amide bonds. The molecule has 0 saturated heterocycles. The van der Waals surface area contributed by atoms with E-state index in [1.54, 1.807) is 12.1 Å². The van der Waals surface area contributed by atoms with Crippen LogP contribution in [0.3, 0.4) is 0 Å². The number of aryl methyl sites for hydroxylation is 1. The van der Waals surface area contributed by atoms with Gasteiger partial charge in [0, 0.05) is 0 Å². The fourth-order valence-corrected chi connectivity index (χ4v) is 3.76. The van der Waals surface area contributed by atoms with Crippen LogP contribution in [0.5, 0.6) is 0 Å². The molecule has 25 heavy (non-hydrogen) atoms. The fourth-order valence-electron chi connectivity index (χ4n) is 2.20. The Balaban J connectivity index is 0.000000257. The summed E-state index contributed by atoms with van der Waals surface area (Å²) >= 11 is 2.47. The van der Waals surface area contributed by atoms with Crippen molar-refractivity contribution in [2.75, 3.05) is 0 Å². The standard InChI is InChI=1S/C12H16BI.C7H8O3S/c1-4-11(5-2)13(14)12-8-6-10(3)7-9-12;1-6-2-4-7(5-3-6)11(8,9)10/h4-6,8-10H,1,7H2,2-3H3;2-5H,1H3,(H,8,9,10)/b11-5+;. The number of allylic oxidation sites excluding steroid dienone is 7. The highest BCUT2D eigenvalue weighted by Crippen LogP contribution is 2.24. The average molecular weight is 470 g/mol. The fraction of sp³-hybridized carbons (Fsp3) is 0.263. The molecule has 1 N–H and O–H groups in total. The van der Waals surface area contributed by atoms with Gasteiger partial charge in [0.2, 0.25) is 0 Å². The molecule has 6 heteroatoms. The molecule has 0 heterocycles. The third-order valence-electron chi connectivity index (χ3n) is 3.82. The van der Waals surface area contributed by atoms with Gasteiger partial charge < -0.3 is 0 Å². The monoisotopic (exact) mass is 470 g/mol. The highest BCUT2D eigenvalue weighted by atomic mass is 127. The first-order valence-electron chi connectivity index (χ1n) is 8.04. The van der Waals surface area contributed by atoms with E-state index in [-0.39, 0.29) is 4.90 Å². The lowest BCUT2D eigenvalue weighted by molar-refractivity contribution is 0.483. The molecule has 3 nitrogen and oxygen atoms in total. The third kappa shape index (κ3) is 7.34. The van der Waals surface area contributed by atoms with Crippen molar-refractivity contribution in [3.05, 3.63) is 77.7 Å². The second kappa shape index (κ2) is 10.1. The normalized spacial score (nSPS) is 17.2. The molecule has 2 rings (SSSR count). The van der Waals surface area contributed by atoms with Crippen LogP contribution in [0.2, 0.25) is 0 Å². The van der Waals surface area contributed by atoms with E-state index in [1.165, 1.54) is 29.5 Å². The van der Waals surface area contributed by atoms with E-state index in [9.17, 15) is 8.42 Å². The lowest BCUT2D eigenvalue weighted by Crippen LogP contribution is -2.12. The van der Waals surface area contributed by atoms with Crippen LogP contribution in [0.15, 0.2) is 77.1 Å².